The SMILES string of the molecule is CN(CCCNC(=O)C1(CN)CCOCC1)C1CCCCC1.Cl.Cl. The third-order valence-corrected chi connectivity index (χ3v) is 5.49. The van der Waals surface area contributed by atoms with Crippen LogP contribution in [0.5, 0.6) is 0 Å². The van der Waals surface area contributed by atoms with Gasteiger partial charge in [0, 0.05) is 32.3 Å². The molecule has 7 heteroatoms. The molecule has 0 radical (unpaired) electrons. The number of halogens is 2. The molecule has 144 valence electrons. The van der Waals surface area contributed by atoms with E-state index in [2.05, 4.69) is 17.3 Å². The van der Waals surface area contributed by atoms with E-state index in [0.717, 1.165) is 38.4 Å². The van der Waals surface area contributed by atoms with Crippen molar-refractivity contribution in [1.29, 1.82) is 0 Å². The summed E-state index contributed by atoms with van der Waals surface area (Å²) in [6.07, 6.45) is 9.30. The molecule has 0 unspecified atom stereocenters. The maximum absolute atomic E-state index is 12.4. The maximum atomic E-state index is 12.4. The number of amides is 1. The fraction of sp³-hybridized carbons (Fsp3) is 0.941. The first-order valence-corrected chi connectivity index (χ1v) is 8.94. The predicted octanol–water partition coefficient (Wildman–Crippen LogP) is 2.36. The number of nitrogens with zero attached hydrogens (tertiary/aromatic N) is 1. The van der Waals surface area contributed by atoms with Gasteiger partial charge in [-0.1, -0.05) is 19.3 Å². The zero-order chi connectivity index (χ0) is 15.8. The number of nitrogens with two attached hydrogens (primary N) is 1. The van der Waals surface area contributed by atoms with Gasteiger partial charge in [0.2, 0.25) is 5.91 Å². The number of hydrogen-bond donors (Lipinski definition) is 2. The van der Waals surface area contributed by atoms with Gasteiger partial charge in [-0.05, 0) is 45.7 Å². The number of ether oxygens (including phenoxy) is 1. The third-order valence-electron chi connectivity index (χ3n) is 5.49. The van der Waals surface area contributed by atoms with Crippen LogP contribution in [-0.2, 0) is 9.53 Å². The van der Waals surface area contributed by atoms with Crippen LogP contribution >= 0.6 is 24.8 Å². The largest absolute Gasteiger partial charge is 0.381 e. The smallest absolute Gasteiger partial charge is 0.227 e. The van der Waals surface area contributed by atoms with Crippen molar-refractivity contribution in [2.45, 2.75) is 57.4 Å². The van der Waals surface area contributed by atoms with Crippen molar-refractivity contribution in [3.63, 3.8) is 0 Å². The van der Waals surface area contributed by atoms with E-state index in [1.54, 1.807) is 0 Å². The van der Waals surface area contributed by atoms with Crippen molar-refractivity contribution >= 4 is 30.7 Å². The highest BCUT2D eigenvalue weighted by Gasteiger charge is 2.38. The minimum Gasteiger partial charge on any atom is -0.381 e. The van der Waals surface area contributed by atoms with E-state index < -0.39 is 5.41 Å². The second-order valence-corrected chi connectivity index (χ2v) is 6.98. The summed E-state index contributed by atoms with van der Waals surface area (Å²) in [5.74, 6) is 0.124. The Kier molecular flexibility index (Phi) is 12.3. The fourth-order valence-corrected chi connectivity index (χ4v) is 3.71. The fourth-order valence-electron chi connectivity index (χ4n) is 3.71. The van der Waals surface area contributed by atoms with E-state index in [1.165, 1.54) is 32.1 Å². The Morgan fingerprint density at radius 2 is 1.83 bits per heavy atom. The van der Waals surface area contributed by atoms with Crippen molar-refractivity contribution in [3.8, 4) is 0 Å². The van der Waals surface area contributed by atoms with E-state index in [4.69, 9.17) is 10.5 Å². The Balaban J connectivity index is 0.00000264. The summed E-state index contributed by atoms with van der Waals surface area (Å²) in [6.45, 7) is 3.52. The first-order valence-electron chi connectivity index (χ1n) is 8.94. The van der Waals surface area contributed by atoms with Crippen molar-refractivity contribution < 1.29 is 9.53 Å². The van der Waals surface area contributed by atoms with Gasteiger partial charge in [-0.25, -0.2) is 0 Å². The standard InChI is InChI=1S/C17H33N3O2.2ClH/c1-20(15-6-3-2-4-7-15)11-5-10-19-16(21)17(14-18)8-12-22-13-9-17;;/h15H,2-14,18H2,1H3,(H,19,21);2*1H. The summed E-state index contributed by atoms with van der Waals surface area (Å²) in [5.41, 5.74) is 5.47. The number of rotatable bonds is 7. The molecule has 5 nitrogen and oxygen atoms in total. The Labute approximate surface area is 159 Å². The van der Waals surface area contributed by atoms with Gasteiger partial charge >= 0.3 is 0 Å². The van der Waals surface area contributed by atoms with E-state index in [1.807, 2.05) is 0 Å². The number of carbonyl (C=O) groups excluding carboxylic acids is 1. The molecule has 1 aliphatic heterocycles. The molecular weight excluding hydrogens is 349 g/mol. The molecule has 1 heterocycles. The van der Waals surface area contributed by atoms with Gasteiger partial charge in [0.1, 0.15) is 0 Å². The topological polar surface area (TPSA) is 67.6 Å². The lowest BCUT2D eigenvalue weighted by Crippen LogP contribution is -2.49. The molecule has 0 spiro atoms. The molecule has 2 rings (SSSR count). The van der Waals surface area contributed by atoms with Crippen LogP contribution in [0.1, 0.15) is 51.4 Å². The average Bonchev–Trinajstić information content (AvgIpc) is 2.59. The van der Waals surface area contributed by atoms with Gasteiger partial charge in [-0.15, -0.1) is 24.8 Å². The molecule has 1 amide bonds. The number of hydrogen-bond acceptors (Lipinski definition) is 4. The summed E-state index contributed by atoms with van der Waals surface area (Å²) >= 11 is 0. The minimum absolute atomic E-state index is 0. The van der Waals surface area contributed by atoms with Crippen LogP contribution in [0.4, 0.5) is 0 Å². The molecular formula is C17H35Cl2N3O2. The molecule has 2 aliphatic rings. The lowest BCUT2D eigenvalue weighted by Gasteiger charge is -2.34. The van der Waals surface area contributed by atoms with Crippen LogP contribution in [0.3, 0.4) is 0 Å². The Hall–Kier alpha value is -0.0700. The van der Waals surface area contributed by atoms with Crippen LogP contribution in [0.2, 0.25) is 0 Å². The zero-order valence-electron chi connectivity index (χ0n) is 14.9. The summed E-state index contributed by atoms with van der Waals surface area (Å²) in [4.78, 5) is 14.9. The molecule has 0 atom stereocenters. The predicted molar refractivity (Wildman–Crippen MR) is 103 cm³/mol. The van der Waals surface area contributed by atoms with Crippen LogP contribution in [0.15, 0.2) is 0 Å². The first-order chi connectivity index (χ1) is 10.7. The monoisotopic (exact) mass is 383 g/mol. The van der Waals surface area contributed by atoms with Crippen LogP contribution in [-0.4, -0.2) is 56.7 Å². The first kappa shape index (κ1) is 23.9. The van der Waals surface area contributed by atoms with Gasteiger partial charge in [0.25, 0.3) is 0 Å². The molecule has 1 saturated carbocycles. The Morgan fingerprint density at radius 3 is 2.42 bits per heavy atom. The van der Waals surface area contributed by atoms with Gasteiger partial charge in [-0.3, -0.25) is 4.79 Å². The molecule has 0 aromatic carbocycles. The minimum atomic E-state index is -0.395. The highest BCUT2D eigenvalue weighted by molar-refractivity contribution is 5.85. The van der Waals surface area contributed by atoms with Crippen molar-refractivity contribution in [3.05, 3.63) is 0 Å². The van der Waals surface area contributed by atoms with Crippen molar-refractivity contribution in [2.24, 2.45) is 11.1 Å². The van der Waals surface area contributed by atoms with E-state index in [0.29, 0.717) is 19.8 Å². The number of nitrogens with one attached hydrogen (secondary N) is 1. The van der Waals surface area contributed by atoms with Gasteiger partial charge < -0.3 is 20.7 Å². The van der Waals surface area contributed by atoms with Crippen molar-refractivity contribution in [1.82, 2.24) is 10.2 Å². The summed E-state index contributed by atoms with van der Waals surface area (Å²) < 4.78 is 5.36. The lowest BCUT2D eigenvalue weighted by atomic mass is 9.79. The van der Waals surface area contributed by atoms with Crippen LogP contribution < -0.4 is 11.1 Å². The molecule has 0 aromatic rings. The van der Waals surface area contributed by atoms with Crippen LogP contribution in [0.25, 0.3) is 0 Å². The molecule has 24 heavy (non-hydrogen) atoms. The summed E-state index contributed by atoms with van der Waals surface area (Å²) in [5, 5.41) is 3.10. The van der Waals surface area contributed by atoms with Gasteiger partial charge in [-0.2, -0.15) is 0 Å². The third kappa shape index (κ3) is 6.68. The van der Waals surface area contributed by atoms with Crippen molar-refractivity contribution in [2.75, 3.05) is 39.9 Å². The normalized spacial score (nSPS) is 20.8. The average molecular weight is 384 g/mol. The van der Waals surface area contributed by atoms with Crippen LogP contribution in [0, 0.1) is 5.41 Å². The second-order valence-electron chi connectivity index (χ2n) is 6.98. The van der Waals surface area contributed by atoms with Gasteiger partial charge in [0.05, 0.1) is 5.41 Å². The molecule has 3 N–H and O–H groups in total. The van der Waals surface area contributed by atoms with E-state index >= 15 is 0 Å². The maximum Gasteiger partial charge on any atom is 0.227 e. The Morgan fingerprint density at radius 1 is 1.21 bits per heavy atom. The molecule has 0 aromatic heterocycles. The van der Waals surface area contributed by atoms with E-state index in [-0.39, 0.29) is 30.7 Å². The molecule has 1 saturated heterocycles. The zero-order valence-corrected chi connectivity index (χ0v) is 16.6. The highest BCUT2D eigenvalue weighted by atomic mass is 35.5. The van der Waals surface area contributed by atoms with Gasteiger partial charge in [0.15, 0.2) is 0 Å². The summed E-state index contributed by atoms with van der Waals surface area (Å²) in [7, 11) is 2.22. The molecule has 2 fully saturated rings. The van der Waals surface area contributed by atoms with E-state index in [9.17, 15) is 4.79 Å². The highest BCUT2D eigenvalue weighted by Crippen LogP contribution is 2.29. The Bertz CT molecular complexity index is 347. The number of carbonyl (C=O) groups is 1. The quantitative estimate of drug-likeness (QED) is 0.662. The second kappa shape index (κ2) is 12.3. The lowest BCUT2D eigenvalue weighted by molar-refractivity contribution is -0.135. The summed E-state index contributed by atoms with van der Waals surface area (Å²) in [6, 6.07) is 0.746. The molecule has 1 aliphatic carbocycles. The molecule has 0 bridgehead atoms.